The summed E-state index contributed by atoms with van der Waals surface area (Å²) in [4.78, 5) is 150. The lowest BCUT2D eigenvalue weighted by Crippen LogP contribution is -2.44. The van der Waals surface area contributed by atoms with Gasteiger partial charge in [0.25, 0.3) is 0 Å². The number of aliphatic hydroxyl groups is 2. The van der Waals surface area contributed by atoms with Crippen LogP contribution in [0, 0.1) is 32.5 Å². The highest BCUT2D eigenvalue weighted by Crippen LogP contribution is 2.27. The molecule has 0 radical (unpaired) electrons. The van der Waals surface area contributed by atoms with Crippen molar-refractivity contribution in [2.24, 2.45) is 32.5 Å². The lowest BCUT2D eigenvalue weighted by atomic mass is 9.88. The van der Waals surface area contributed by atoms with Crippen LogP contribution < -0.4 is 0 Å². The number of benzene rings is 1. The van der Waals surface area contributed by atoms with Crippen molar-refractivity contribution in [1.82, 2.24) is 9.80 Å². The van der Waals surface area contributed by atoms with Crippen molar-refractivity contribution in [3.8, 4) is 0 Å². The minimum Gasteiger partial charge on any atom is -0.465 e. The van der Waals surface area contributed by atoms with Crippen molar-refractivity contribution < 1.29 is 140 Å². The fraction of sp³-hybridized carbons (Fsp3) is 0.736. The van der Waals surface area contributed by atoms with Gasteiger partial charge in [0, 0.05) is 35.2 Å². The number of ketones is 3. The molecule has 31 nitrogen and oxygen atoms in total. The summed E-state index contributed by atoms with van der Waals surface area (Å²) in [5.74, 6) is -3.90. The Kier molecular flexibility index (Phi) is 60.3. The maximum atomic E-state index is 12.9. The topological polar surface area (TPSA) is 398 Å². The van der Waals surface area contributed by atoms with Gasteiger partial charge in [-0.2, -0.15) is 0 Å². The molecule has 1 aromatic rings. The van der Waals surface area contributed by atoms with E-state index in [-0.39, 0.29) is 139 Å². The van der Waals surface area contributed by atoms with Crippen LogP contribution in [0.4, 0.5) is 14.4 Å². The van der Waals surface area contributed by atoms with Crippen LogP contribution in [0.25, 0.3) is 0 Å². The third-order valence-electron chi connectivity index (χ3n) is 14.0. The van der Waals surface area contributed by atoms with E-state index >= 15 is 0 Å². The predicted molar refractivity (Wildman–Crippen MR) is 381 cm³/mol. The first-order valence-electron chi connectivity index (χ1n) is 33.1. The summed E-state index contributed by atoms with van der Waals surface area (Å²) < 4.78 is 74.5. The van der Waals surface area contributed by atoms with Gasteiger partial charge in [0.2, 0.25) is 0 Å². The highest BCUT2D eigenvalue weighted by atomic mass is 16.7. The number of unbranched alkanes of at least 4 members (excludes halogenated alkanes) is 1. The molecule has 2 fully saturated rings. The maximum absolute atomic E-state index is 12.9. The molecule has 0 aliphatic carbocycles. The smallest absolute Gasteiger partial charge is 0.465 e. The molecule has 4 unspecified atom stereocenters. The molecule has 2 heterocycles. The Bertz CT molecular complexity index is 2620. The van der Waals surface area contributed by atoms with E-state index in [1.165, 1.54) is 81.5 Å². The molecule has 2 saturated heterocycles. The van der Waals surface area contributed by atoms with E-state index in [1.807, 2.05) is 25.1 Å². The summed E-state index contributed by atoms with van der Waals surface area (Å²) in [6.45, 7) is 24.5. The van der Waals surface area contributed by atoms with E-state index in [0.717, 1.165) is 5.56 Å². The Morgan fingerprint density at radius 1 is 0.524 bits per heavy atom. The van der Waals surface area contributed by atoms with Gasteiger partial charge in [-0.1, -0.05) is 66.5 Å². The predicted octanol–water partition coefficient (Wildman–Crippen LogP) is 8.95. The van der Waals surface area contributed by atoms with E-state index in [2.05, 4.69) is 66.4 Å². The molecule has 2 aliphatic heterocycles. The van der Waals surface area contributed by atoms with Gasteiger partial charge in [0.05, 0.1) is 50.5 Å². The van der Waals surface area contributed by atoms with E-state index in [1.54, 1.807) is 60.6 Å². The molecular weight excluding hydrogens is 1360 g/mol. The van der Waals surface area contributed by atoms with Crippen molar-refractivity contribution in [2.45, 2.75) is 172 Å². The van der Waals surface area contributed by atoms with Gasteiger partial charge >= 0.3 is 60.3 Å². The van der Waals surface area contributed by atoms with E-state index in [9.17, 15) is 62.3 Å². The monoisotopic (exact) mass is 1490 g/mol. The molecule has 2 aliphatic rings. The number of carbonyl (C=O) groups excluding carboxylic acids is 13. The van der Waals surface area contributed by atoms with E-state index in [4.69, 9.17) is 49.5 Å². The Hall–Kier alpha value is -7.87. The first-order chi connectivity index (χ1) is 47.0. The van der Waals surface area contributed by atoms with Crippen LogP contribution in [-0.4, -0.2) is 245 Å². The van der Waals surface area contributed by atoms with Gasteiger partial charge in [-0.05, 0) is 149 Å². The molecule has 31 heteroatoms. The molecule has 2 N–H and O–H groups in total. The van der Waals surface area contributed by atoms with E-state index in [0.29, 0.717) is 19.4 Å². The highest BCUT2D eigenvalue weighted by Gasteiger charge is 2.43. The third-order valence-corrected chi connectivity index (χ3v) is 14.0. The van der Waals surface area contributed by atoms with Crippen LogP contribution in [0.2, 0.25) is 0 Å². The third kappa shape index (κ3) is 50.2. The number of nitrogens with zero attached hydrogens (tertiary/aromatic N) is 2. The van der Waals surface area contributed by atoms with Crippen LogP contribution in [0.5, 0.6) is 0 Å². The normalized spacial score (nSPS) is 14.9. The fourth-order valence-electron chi connectivity index (χ4n) is 6.61. The average Bonchev–Trinajstić information content (AvgIpc) is 0.863. The number of cyclic esters (lactones) is 4. The Labute approximate surface area is 613 Å². The van der Waals surface area contributed by atoms with Crippen molar-refractivity contribution in [3.05, 3.63) is 35.9 Å². The van der Waals surface area contributed by atoms with Gasteiger partial charge in [0.1, 0.15) is 105 Å². The number of esters is 7. The number of aliphatic hydroxyl groups excluding tert-OH is 2. The van der Waals surface area contributed by atoms with Gasteiger partial charge in [-0.25, -0.2) is 14.4 Å². The minimum atomic E-state index is -1.48. The Morgan fingerprint density at radius 2 is 0.903 bits per heavy atom. The molecule has 0 saturated carbocycles. The second-order valence-corrected chi connectivity index (χ2v) is 25.1. The first-order valence-corrected chi connectivity index (χ1v) is 32.4. The summed E-state index contributed by atoms with van der Waals surface area (Å²) in [6, 6.07) is 9.03. The molecule has 600 valence electrons. The van der Waals surface area contributed by atoms with Gasteiger partial charge in [-0.15, -0.1) is 0 Å². The SMILES string of the molecule is C.C.C.CC(=O)C1(C)COC(=O)OC1.CC(=O)OCC(C)(CO)C(C)=O.CCCC(=O)OCC(C)(COC(=O)OCC(C)(COC)C(=O)OCC)C(=O)OCc1ccccc1.CCOC(=O)C(C)(CO)COC(C)=O.CCOC(=O)C1(C)COC(=O)OC1.CN(C)CCCCN(C)C.[3H]CC(=O)CC. The summed E-state index contributed by atoms with van der Waals surface area (Å²) in [6.07, 6.45) is 1.35. The van der Waals surface area contributed by atoms with Gasteiger partial charge in [0.15, 0.2) is 0 Å². The minimum absolute atomic E-state index is 0. The molecule has 103 heavy (non-hydrogen) atoms. The largest absolute Gasteiger partial charge is 0.508 e. The van der Waals surface area contributed by atoms with Gasteiger partial charge < -0.3 is 91.1 Å². The summed E-state index contributed by atoms with van der Waals surface area (Å²) in [5, 5.41) is 17.9. The second kappa shape index (κ2) is 58.5. The molecule has 0 amide bonds. The summed E-state index contributed by atoms with van der Waals surface area (Å²) >= 11 is 0. The van der Waals surface area contributed by atoms with Gasteiger partial charge in [-0.3, -0.25) is 43.2 Å². The highest BCUT2D eigenvalue weighted by molar-refractivity contribution is 5.84. The number of rotatable bonds is 33. The summed E-state index contributed by atoms with van der Waals surface area (Å²) in [5.41, 5.74) is -5.57. The van der Waals surface area contributed by atoms with Crippen molar-refractivity contribution in [2.75, 3.05) is 147 Å². The van der Waals surface area contributed by atoms with Crippen LogP contribution in [-0.2, 0) is 121 Å². The maximum Gasteiger partial charge on any atom is 0.508 e. The number of carbonyl (C=O) groups is 13. The van der Waals surface area contributed by atoms with Crippen LogP contribution >= 0.6 is 0 Å². The zero-order valence-electron chi connectivity index (χ0n) is 63.7. The first kappa shape index (κ1) is 106. The molecule has 0 aromatic heterocycles. The number of hydrogen-bond acceptors (Lipinski definition) is 31. The molecular formula is C72H128N2O29. The van der Waals surface area contributed by atoms with Crippen LogP contribution in [0.15, 0.2) is 30.3 Å². The second-order valence-electron chi connectivity index (χ2n) is 25.1. The van der Waals surface area contributed by atoms with Crippen molar-refractivity contribution in [1.29, 1.82) is 0 Å². The number of methoxy groups -OCH3 is 1. The molecule has 1 aromatic carbocycles. The number of Topliss-reactive ketones (excluding diaryl/α,β-unsaturated/α-hetero) is 3. The molecule has 3 rings (SSSR count). The fourth-order valence-corrected chi connectivity index (χ4v) is 6.61. The van der Waals surface area contributed by atoms with Crippen molar-refractivity contribution >= 4 is 77.6 Å². The van der Waals surface area contributed by atoms with Crippen molar-refractivity contribution in [3.63, 3.8) is 0 Å². The lowest BCUT2D eigenvalue weighted by molar-refractivity contribution is -0.168. The van der Waals surface area contributed by atoms with Crippen LogP contribution in [0.3, 0.4) is 0 Å². The van der Waals surface area contributed by atoms with Crippen LogP contribution in [0.1, 0.15) is 172 Å². The number of ether oxygens (including phenoxy) is 14. The quantitative estimate of drug-likeness (QED) is 0.0376. The Morgan fingerprint density at radius 3 is 1.24 bits per heavy atom. The van der Waals surface area contributed by atoms with E-state index < -0.39 is 106 Å². The lowest BCUT2D eigenvalue weighted by Gasteiger charge is -2.29. The standard InChI is InChI=1S/C25H36O10.C9H16O5.C8H20N2.C8H12O5.C8H14O4.C7H10O4.C4H8O.3CH4/c1-6-11-20(26)33-16-25(4,22(28)32-14-19-12-9-8-10-13-19)18-35-23(29)34-17-24(3,15-30-5)21(27)31-7-2;1-4-13-8(12)9(3,5-10)6-14-7(2)11;1-9(2)7-5-6-8-10(3)4;1-3-11-6(9)8(2)4-12-7(10)13-5-8;1-6(10)8(3,4-9)5-12-7(2)11;1-5(8)7(2)3-10-6(9)11-4-7;1-3-4(2)5;;;/h8-10,12-13H,6-7,11,14-18H2,1-5H3;10H,4-6H2,1-3H3;5-8H2,1-4H3;3-5H2,1-2H3;9H,4-5H2,1-3H3;3-4H2,1-2H3;3H2,1-2H3;3*1H4/i;;;;;;2T;;;. The molecule has 0 bridgehead atoms. The molecule has 4 atom stereocenters. The summed E-state index contributed by atoms with van der Waals surface area (Å²) in [7, 11) is 9.89. The number of hydrogen-bond donors (Lipinski definition) is 2. The zero-order chi connectivity index (χ0) is 78.6. The Balaban J connectivity index is -0.000000229. The zero-order valence-corrected chi connectivity index (χ0v) is 62.7. The molecule has 0 spiro atoms. The average molecular weight is 1490 g/mol.